The van der Waals surface area contributed by atoms with Crippen LogP contribution in [0.5, 0.6) is 0 Å². The van der Waals surface area contributed by atoms with Crippen LogP contribution in [0.3, 0.4) is 0 Å². The molecule has 0 bridgehead atoms. The molecule has 3 saturated heterocycles. The van der Waals surface area contributed by atoms with Crippen LogP contribution < -0.4 is 4.90 Å². The first kappa shape index (κ1) is 23.7. The molecule has 11 heteroatoms. The molecule has 4 aliphatic rings. The van der Waals surface area contributed by atoms with Crippen molar-refractivity contribution in [2.24, 2.45) is 0 Å². The van der Waals surface area contributed by atoms with Crippen LogP contribution in [0.25, 0.3) is 0 Å². The zero-order valence-electron chi connectivity index (χ0n) is 19.2. The van der Waals surface area contributed by atoms with Crippen LogP contribution in [-0.4, -0.2) is 94.4 Å². The summed E-state index contributed by atoms with van der Waals surface area (Å²) in [5, 5.41) is 0. The molecule has 0 N–H and O–H groups in total. The van der Waals surface area contributed by atoms with E-state index in [0.717, 1.165) is 5.56 Å². The number of hydrogen-bond donors (Lipinski definition) is 0. The lowest BCUT2D eigenvalue weighted by Crippen LogP contribution is -2.50. The van der Waals surface area contributed by atoms with Crippen molar-refractivity contribution < 1.29 is 32.2 Å². The zero-order chi connectivity index (χ0) is 23.8. The van der Waals surface area contributed by atoms with Gasteiger partial charge in [0.05, 0.1) is 31.3 Å². The van der Waals surface area contributed by atoms with Crippen LogP contribution in [0.15, 0.2) is 23.1 Å². The van der Waals surface area contributed by atoms with Gasteiger partial charge in [0.1, 0.15) is 6.54 Å². The summed E-state index contributed by atoms with van der Waals surface area (Å²) in [5.74, 6) is -0.810. The largest absolute Gasteiger partial charge is 0.379 e. The quantitative estimate of drug-likeness (QED) is 0.609. The maximum atomic E-state index is 13.1. The van der Waals surface area contributed by atoms with Gasteiger partial charge in [0.25, 0.3) is 0 Å². The number of likely N-dealkylation sites (tertiary alicyclic amines) is 1. The highest BCUT2D eigenvalue weighted by Crippen LogP contribution is 2.33. The number of anilines is 1. The Hall–Kier alpha value is -2.05. The van der Waals surface area contributed by atoms with Gasteiger partial charge in [-0.05, 0) is 36.6 Å². The molecule has 34 heavy (non-hydrogen) atoms. The lowest BCUT2D eigenvalue weighted by molar-refractivity contribution is -0.187. The van der Waals surface area contributed by atoms with Crippen molar-refractivity contribution in [2.45, 2.75) is 42.8 Å². The van der Waals surface area contributed by atoms with E-state index in [1.807, 2.05) is 0 Å². The third-order valence-electron chi connectivity index (χ3n) is 7.07. The molecular formula is C23H31N3O7S. The molecule has 0 aliphatic carbocycles. The van der Waals surface area contributed by atoms with Gasteiger partial charge in [0.15, 0.2) is 5.79 Å². The van der Waals surface area contributed by atoms with Crippen molar-refractivity contribution in [3.8, 4) is 0 Å². The number of rotatable bonds is 4. The lowest BCUT2D eigenvalue weighted by atomic mass is 10.0. The molecule has 1 aromatic carbocycles. The predicted octanol–water partition coefficient (Wildman–Crippen LogP) is 0.742. The van der Waals surface area contributed by atoms with Crippen LogP contribution in [0.2, 0.25) is 0 Å². The van der Waals surface area contributed by atoms with E-state index in [9.17, 15) is 18.0 Å². The summed E-state index contributed by atoms with van der Waals surface area (Å²) in [6.07, 6.45) is 2.74. The number of amides is 2. The van der Waals surface area contributed by atoms with Gasteiger partial charge in [-0.15, -0.1) is 0 Å². The molecule has 1 spiro atoms. The van der Waals surface area contributed by atoms with Crippen LogP contribution in [0.1, 0.15) is 31.2 Å². The molecule has 10 nitrogen and oxygen atoms in total. The normalized spacial score (nSPS) is 23.7. The number of ether oxygens (including phenoxy) is 3. The Kier molecular flexibility index (Phi) is 6.64. The van der Waals surface area contributed by atoms with Crippen molar-refractivity contribution in [1.29, 1.82) is 0 Å². The summed E-state index contributed by atoms with van der Waals surface area (Å²) in [6.45, 7) is 3.55. The SMILES string of the molecule is O=C(CN1C(=O)CCCc2cc(S(=O)(=O)N3CCOCC3)ccc21)N1CCC2(CC1)OCCO2. The molecule has 3 fully saturated rings. The van der Waals surface area contributed by atoms with Crippen molar-refractivity contribution in [2.75, 3.05) is 64.1 Å². The maximum Gasteiger partial charge on any atom is 0.243 e. The minimum atomic E-state index is -3.64. The third kappa shape index (κ3) is 4.59. The summed E-state index contributed by atoms with van der Waals surface area (Å²) in [7, 11) is -3.64. The summed E-state index contributed by atoms with van der Waals surface area (Å²) in [5.41, 5.74) is 1.39. The number of hydrogen-bond acceptors (Lipinski definition) is 7. The molecule has 0 saturated carbocycles. The minimum Gasteiger partial charge on any atom is -0.379 e. The number of carbonyl (C=O) groups is 2. The molecule has 4 aliphatic heterocycles. The smallest absolute Gasteiger partial charge is 0.243 e. The molecule has 0 unspecified atom stereocenters. The van der Waals surface area contributed by atoms with Crippen molar-refractivity contribution in [1.82, 2.24) is 9.21 Å². The molecule has 5 rings (SSSR count). The van der Waals surface area contributed by atoms with Gasteiger partial charge in [-0.3, -0.25) is 9.59 Å². The van der Waals surface area contributed by atoms with E-state index in [-0.39, 0.29) is 23.3 Å². The number of sulfonamides is 1. The fourth-order valence-electron chi connectivity index (χ4n) is 5.11. The number of aryl methyl sites for hydroxylation is 1. The minimum absolute atomic E-state index is 0.0594. The Bertz CT molecular complexity index is 1040. The third-order valence-corrected chi connectivity index (χ3v) is 8.97. The van der Waals surface area contributed by atoms with Gasteiger partial charge in [-0.2, -0.15) is 4.31 Å². The van der Waals surface area contributed by atoms with E-state index >= 15 is 0 Å². The van der Waals surface area contributed by atoms with Gasteiger partial charge in [0, 0.05) is 51.1 Å². The highest BCUT2D eigenvalue weighted by atomic mass is 32.2. The summed E-state index contributed by atoms with van der Waals surface area (Å²) in [4.78, 5) is 29.5. The van der Waals surface area contributed by atoms with Gasteiger partial charge >= 0.3 is 0 Å². The summed E-state index contributed by atoms with van der Waals surface area (Å²) >= 11 is 0. The molecule has 0 radical (unpaired) electrons. The van der Waals surface area contributed by atoms with E-state index in [0.29, 0.717) is 90.4 Å². The topological polar surface area (TPSA) is 106 Å². The number of fused-ring (bicyclic) bond motifs is 1. The number of piperidine rings is 1. The Labute approximate surface area is 199 Å². The molecule has 186 valence electrons. The van der Waals surface area contributed by atoms with Crippen LogP contribution >= 0.6 is 0 Å². The average Bonchev–Trinajstić information content (AvgIpc) is 3.24. The molecule has 2 amide bonds. The molecule has 0 atom stereocenters. The highest BCUT2D eigenvalue weighted by molar-refractivity contribution is 7.89. The maximum absolute atomic E-state index is 13.1. The van der Waals surface area contributed by atoms with Crippen molar-refractivity contribution >= 4 is 27.5 Å². The fraction of sp³-hybridized carbons (Fsp3) is 0.652. The Morgan fingerprint density at radius 1 is 0.971 bits per heavy atom. The molecule has 0 aromatic heterocycles. The second kappa shape index (κ2) is 9.54. The van der Waals surface area contributed by atoms with Crippen LogP contribution in [0.4, 0.5) is 5.69 Å². The second-order valence-corrected chi connectivity index (χ2v) is 11.1. The van der Waals surface area contributed by atoms with E-state index < -0.39 is 15.8 Å². The van der Waals surface area contributed by atoms with E-state index in [4.69, 9.17) is 14.2 Å². The average molecular weight is 494 g/mol. The first-order valence-electron chi connectivity index (χ1n) is 11.9. The van der Waals surface area contributed by atoms with Gasteiger partial charge in [-0.25, -0.2) is 8.42 Å². The van der Waals surface area contributed by atoms with E-state index in [1.165, 1.54) is 9.21 Å². The molecule has 1 aromatic rings. The first-order chi connectivity index (χ1) is 16.4. The van der Waals surface area contributed by atoms with Gasteiger partial charge < -0.3 is 24.0 Å². The van der Waals surface area contributed by atoms with E-state index in [2.05, 4.69) is 0 Å². The van der Waals surface area contributed by atoms with Crippen molar-refractivity contribution in [3.63, 3.8) is 0 Å². The summed E-state index contributed by atoms with van der Waals surface area (Å²) < 4.78 is 44.4. The Balaban J connectivity index is 1.33. The Morgan fingerprint density at radius 3 is 2.38 bits per heavy atom. The van der Waals surface area contributed by atoms with Crippen molar-refractivity contribution in [3.05, 3.63) is 23.8 Å². The number of benzene rings is 1. The molecule has 4 heterocycles. The predicted molar refractivity (Wildman–Crippen MR) is 122 cm³/mol. The first-order valence-corrected chi connectivity index (χ1v) is 13.4. The number of carbonyl (C=O) groups excluding carboxylic acids is 2. The lowest BCUT2D eigenvalue weighted by Gasteiger charge is -2.38. The Morgan fingerprint density at radius 2 is 1.68 bits per heavy atom. The number of nitrogens with zero attached hydrogens (tertiary/aromatic N) is 3. The fourth-order valence-corrected chi connectivity index (χ4v) is 6.57. The van der Waals surface area contributed by atoms with Crippen LogP contribution in [-0.2, 0) is 40.2 Å². The zero-order valence-corrected chi connectivity index (χ0v) is 20.1. The van der Waals surface area contributed by atoms with Gasteiger partial charge in [-0.1, -0.05) is 0 Å². The second-order valence-electron chi connectivity index (χ2n) is 9.13. The number of morpholine rings is 1. The monoisotopic (exact) mass is 493 g/mol. The van der Waals surface area contributed by atoms with E-state index in [1.54, 1.807) is 23.1 Å². The van der Waals surface area contributed by atoms with Gasteiger partial charge in [0.2, 0.25) is 21.8 Å². The standard InChI is InChI=1S/C23H31N3O7S/c27-21-3-1-2-18-16-19(34(29,30)25-10-12-31-13-11-25)4-5-20(18)26(21)17-22(28)24-8-6-23(7-9-24)32-14-15-33-23/h4-5,16H,1-3,6-15,17H2. The molecular weight excluding hydrogens is 462 g/mol. The highest BCUT2D eigenvalue weighted by Gasteiger charge is 2.41. The summed E-state index contributed by atoms with van der Waals surface area (Å²) in [6, 6.07) is 4.87. The van der Waals surface area contributed by atoms with Crippen LogP contribution in [0, 0.1) is 0 Å².